The average molecular weight is 695 g/mol. The van der Waals surface area contributed by atoms with Crippen molar-refractivity contribution in [1.29, 1.82) is 0 Å². The summed E-state index contributed by atoms with van der Waals surface area (Å²) >= 11 is 0. The van der Waals surface area contributed by atoms with Gasteiger partial charge in [-0.1, -0.05) is 24.3 Å². The van der Waals surface area contributed by atoms with Gasteiger partial charge in [-0.15, -0.1) is 0 Å². The van der Waals surface area contributed by atoms with Crippen molar-refractivity contribution in [2.45, 2.75) is 104 Å². The fraction of sp³-hybridized carbons (Fsp3) is 0.500. The van der Waals surface area contributed by atoms with Gasteiger partial charge in [-0.3, -0.25) is 19.2 Å². The molecular formula is C40H54O10. The number of carbonyl (C=O) groups is 4. The Balaban J connectivity index is 1.79. The van der Waals surface area contributed by atoms with Gasteiger partial charge < -0.3 is 28.4 Å². The summed E-state index contributed by atoms with van der Waals surface area (Å²) in [5, 5.41) is 0. The number of rotatable bonds is 21. The lowest BCUT2D eigenvalue weighted by Gasteiger charge is -2.19. The second-order valence-electron chi connectivity index (χ2n) is 13.7. The molecule has 0 saturated carbocycles. The highest BCUT2D eigenvalue weighted by molar-refractivity contribution is 6.10. The van der Waals surface area contributed by atoms with Crippen molar-refractivity contribution < 1.29 is 47.6 Å². The van der Waals surface area contributed by atoms with Crippen LogP contribution in [0.1, 0.15) is 104 Å². The van der Waals surface area contributed by atoms with Crippen molar-refractivity contribution in [3.63, 3.8) is 0 Å². The number of methoxy groups -OCH3 is 2. The van der Waals surface area contributed by atoms with E-state index >= 15 is 0 Å². The van der Waals surface area contributed by atoms with Crippen LogP contribution in [-0.2, 0) is 28.7 Å². The molecule has 0 unspecified atom stereocenters. The largest absolute Gasteiger partial charge is 0.493 e. The summed E-state index contributed by atoms with van der Waals surface area (Å²) in [5.41, 5.74) is 0.465. The molecule has 0 heterocycles. The molecule has 0 aliphatic rings. The molecule has 10 nitrogen and oxygen atoms in total. The summed E-state index contributed by atoms with van der Waals surface area (Å²) in [7, 11) is 3.07. The van der Waals surface area contributed by atoms with E-state index in [0.717, 1.165) is 24.8 Å². The summed E-state index contributed by atoms with van der Waals surface area (Å²) in [5.74, 6) is 1.07. The molecule has 274 valence electrons. The fourth-order valence-electron chi connectivity index (χ4n) is 4.55. The minimum Gasteiger partial charge on any atom is -0.493 e. The van der Waals surface area contributed by atoms with Crippen molar-refractivity contribution in [3.8, 4) is 23.0 Å². The molecule has 0 aliphatic heterocycles. The van der Waals surface area contributed by atoms with E-state index in [4.69, 9.17) is 28.4 Å². The van der Waals surface area contributed by atoms with Crippen molar-refractivity contribution in [2.75, 3.05) is 27.4 Å². The highest BCUT2D eigenvalue weighted by Crippen LogP contribution is 2.30. The first-order chi connectivity index (χ1) is 23.6. The van der Waals surface area contributed by atoms with Gasteiger partial charge in [0.2, 0.25) is 0 Å². The van der Waals surface area contributed by atoms with Gasteiger partial charge in [0.25, 0.3) is 0 Å². The number of hydrogen-bond donors (Lipinski definition) is 0. The van der Waals surface area contributed by atoms with Gasteiger partial charge >= 0.3 is 11.9 Å². The van der Waals surface area contributed by atoms with E-state index < -0.39 is 11.2 Å². The quantitative estimate of drug-likeness (QED) is 0.0548. The van der Waals surface area contributed by atoms with Gasteiger partial charge in [-0.25, -0.2) is 0 Å². The predicted molar refractivity (Wildman–Crippen MR) is 194 cm³/mol. The Morgan fingerprint density at radius 3 is 1.36 bits per heavy atom. The van der Waals surface area contributed by atoms with Crippen molar-refractivity contribution in [1.82, 2.24) is 0 Å². The Kier molecular flexibility index (Phi) is 17.3. The first kappa shape index (κ1) is 41.6. The lowest BCUT2D eigenvalue weighted by molar-refractivity contribution is -0.156. The van der Waals surface area contributed by atoms with E-state index in [0.29, 0.717) is 67.5 Å². The van der Waals surface area contributed by atoms with Crippen LogP contribution >= 0.6 is 0 Å². The Hall–Kier alpha value is -4.60. The normalized spacial score (nSPS) is 11.8. The van der Waals surface area contributed by atoms with Gasteiger partial charge in [-0.05, 0) is 121 Å². The van der Waals surface area contributed by atoms with Crippen LogP contribution in [0, 0.1) is 0 Å². The van der Waals surface area contributed by atoms with E-state index in [2.05, 4.69) is 0 Å². The fourth-order valence-corrected chi connectivity index (χ4v) is 4.55. The molecule has 2 aromatic rings. The first-order valence-corrected chi connectivity index (χ1v) is 17.1. The van der Waals surface area contributed by atoms with Gasteiger partial charge in [0, 0.05) is 12.8 Å². The van der Waals surface area contributed by atoms with E-state index in [1.54, 1.807) is 55.7 Å². The zero-order chi connectivity index (χ0) is 37.2. The van der Waals surface area contributed by atoms with Crippen LogP contribution in [0.2, 0.25) is 0 Å². The van der Waals surface area contributed by atoms with Crippen LogP contribution in [0.25, 0.3) is 12.2 Å². The Bertz CT molecular complexity index is 1470. The third kappa shape index (κ3) is 17.7. The molecule has 2 aromatic carbocycles. The SMILES string of the molecule is COc1cc(/C=C/C(=O)CC(=O)/C=C/c2ccc(OCCCCC(=O)OC(C)(C)C)c(OC)c2)ccc1OCCCCCC(=O)OC(C)(C)C. The lowest BCUT2D eigenvalue weighted by Crippen LogP contribution is -2.23. The summed E-state index contributed by atoms with van der Waals surface area (Å²) in [6, 6.07) is 10.6. The maximum Gasteiger partial charge on any atom is 0.306 e. The topological polar surface area (TPSA) is 124 Å². The van der Waals surface area contributed by atoms with Crippen molar-refractivity contribution >= 4 is 35.7 Å². The molecule has 0 atom stereocenters. The second kappa shape index (κ2) is 20.8. The van der Waals surface area contributed by atoms with Crippen LogP contribution in [-0.4, -0.2) is 62.1 Å². The monoisotopic (exact) mass is 694 g/mol. The predicted octanol–water partition coefficient (Wildman–Crippen LogP) is 8.13. The number of ether oxygens (including phenoxy) is 6. The third-order valence-corrected chi connectivity index (χ3v) is 6.80. The molecule has 0 aliphatic carbocycles. The highest BCUT2D eigenvalue weighted by atomic mass is 16.6. The number of benzene rings is 2. The summed E-state index contributed by atoms with van der Waals surface area (Å²) in [6.07, 6.45) is 10.1. The van der Waals surface area contributed by atoms with Crippen LogP contribution in [0.5, 0.6) is 23.0 Å². The van der Waals surface area contributed by atoms with Crippen LogP contribution < -0.4 is 18.9 Å². The molecule has 0 aromatic heterocycles. The number of hydrogen-bond acceptors (Lipinski definition) is 10. The smallest absolute Gasteiger partial charge is 0.306 e. The molecule has 0 amide bonds. The first-order valence-electron chi connectivity index (χ1n) is 17.1. The van der Waals surface area contributed by atoms with Gasteiger partial charge in [0.05, 0.1) is 33.9 Å². The lowest BCUT2D eigenvalue weighted by atomic mass is 10.1. The zero-order valence-electron chi connectivity index (χ0n) is 30.9. The van der Waals surface area contributed by atoms with Crippen molar-refractivity contribution in [2.24, 2.45) is 0 Å². The molecule has 50 heavy (non-hydrogen) atoms. The van der Waals surface area contributed by atoms with E-state index in [-0.39, 0.29) is 29.9 Å². The minimum atomic E-state index is -0.496. The molecule has 0 N–H and O–H groups in total. The summed E-state index contributed by atoms with van der Waals surface area (Å²) < 4.78 is 33.2. The Morgan fingerprint density at radius 1 is 0.560 bits per heavy atom. The summed E-state index contributed by atoms with van der Waals surface area (Å²) in [4.78, 5) is 48.7. The average Bonchev–Trinajstić information content (AvgIpc) is 3.03. The van der Waals surface area contributed by atoms with Gasteiger partial charge in [0.15, 0.2) is 34.6 Å². The van der Waals surface area contributed by atoms with Crippen LogP contribution in [0.15, 0.2) is 48.6 Å². The maximum atomic E-state index is 12.5. The molecule has 2 rings (SSSR count). The molecule has 0 saturated heterocycles. The summed E-state index contributed by atoms with van der Waals surface area (Å²) in [6.45, 7) is 12.0. The Morgan fingerprint density at radius 2 is 0.960 bits per heavy atom. The Labute approximate surface area is 297 Å². The maximum absolute atomic E-state index is 12.5. The number of allylic oxidation sites excluding steroid dienone is 2. The van der Waals surface area contributed by atoms with Crippen molar-refractivity contribution in [3.05, 3.63) is 59.7 Å². The third-order valence-electron chi connectivity index (χ3n) is 6.80. The molecule has 0 fully saturated rings. The molecular weight excluding hydrogens is 640 g/mol. The molecule has 0 bridgehead atoms. The molecule has 0 spiro atoms. The number of ketones is 2. The number of unbranched alkanes of at least 4 members (excludes halogenated alkanes) is 3. The second-order valence-corrected chi connectivity index (χ2v) is 13.7. The van der Waals surface area contributed by atoms with E-state index in [9.17, 15) is 19.2 Å². The number of esters is 2. The van der Waals surface area contributed by atoms with Crippen LogP contribution in [0.4, 0.5) is 0 Å². The highest BCUT2D eigenvalue weighted by Gasteiger charge is 2.17. The molecule has 10 heteroatoms. The zero-order valence-corrected chi connectivity index (χ0v) is 30.9. The molecule has 0 radical (unpaired) electrons. The minimum absolute atomic E-state index is 0.195. The van der Waals surface area contributed by atoms with Gasteiger partial charge in [0.1, 0.15) is 11.2 Å². The van der Waals surface area contributed by atoms with E-state index in [1.165, 1.54) is 19.3 Å². The number of carbonyl (C=O) groups excluding carboxylic acids is 4. The standard InChI is InChI=1S/C40H54O10/c1-39(2,3)49-37(43)14-10-9-12-24-47-33-22-18-29(26-35(33)45-7)16-20-31(41)28-32(42)21-17-30-19-23-34(36(27-30)46-8)48-25-13-11-15-38(44)50-40(4,5)6/h16-23,26-27H,9-15,24-25,28H2,1-8H3/b20-16+,21-17+. The van der Waals surface area contributed by atoms with Gasteiger partial charge in [-0.2, -0.15) is 0 Å². The van der Waals surface area contributed by atoms with Crippen LogP contribution in [0.3, 0.4) is 0 Å². The van der Waals surface area contributed by atoms with E-state index in [1.807, 2.05) is 41.5 Å².